The fraction of sp³-hybridized carbons (Fsp3) is 0.458. The van der Waals surface area contributed by atoms with Gasteiger partial charge in [-0.3, -0.25) is 44.4 Å². The maximum absolute atomic E-state index is 15.3. The van der Waals surface area contributed by atoms with Gasteiger partial charge in [-0.05, 0) is 77.1 Å². The van der Waals surface area contributed by atoms with Gasteiger partial charge in [-0.1, -0.05) is 89.4 Å². The second-order valence-corrected chi connectivity index (χ2v) is 17.0. The normalized spacial score (nSPS) is 15.5. The SMILES string of the molecule is CC(C)[C@H](NC(=O)Cc1cccnc1)C(=O)NN(CC1CCCCC1)C[C@@H](OC(=O)Cc1ccncc1)[C@@H](C(=O)[C@@H](NC(=O)Cc1cccnc1)C(C)C)C(N)c1ccccc1. The number of ketones is 1. The Morgan fingerprint density at radius 3 is 1.82 bits per heavy atom. The number of hydrazine groups is 1. The number of Topliss-reactive ketones (excluding diaryl/α,β-unsaturated/α-hetero) is 1. The van der Waals surface area contributed by atoms with E-state index >= 15 is 4.79 Å². The smallest absolute Gasteiger partial charge is 0.310 e. The predicted molar refractivity (Wildman–Crippen MR) is 235 cm³/mol. The quantitative estimate of drug-likeness (QED) is 0.0621. The summed E-state index contributed by atoms with van der Waals surface area (Å²) in [4.78, 5) is 82.8. The number of rotatable bonds is 22. The molecule has 14 heteroatoms. The van der Waals surface area contributed by atoms with Crippen molar-refractivity contribution in [2.75, 3.05) is 13.1 Å². The highest BCUT2D eigenvalue weighted by atomic mass is 16.5. The van der Waals surface area contributed by atoms with Crippen molar-refractivity contribution in [1.29, 1.82) is 0 Å². The Bertz CT molecular complexity index is 2020. The summed E-state index contributed by atoms with van der Waals surface area (Å²) in [5.41, 5.74) is 12.9. The minimum Gasteiger partial charge on any atom is -0.460 e. The summed E-state index contributed by atoms with van der Waals surface area (Å²) in [7, 11) is 0. The van der Waals surface area contributed by atoms with Crippen LogP contribution in [0.5, 0.6) is 0 Å². The van der Waals surface area contributed by atoms with E-state index in [-0.39, 0.29) is 55.4 Å². The van der Waals surface area contributed by atoms with E-state index in [0.29, 0.717) is 28.8 Å². The highest BCUT2D eigenvalue weighted by Gasteiger charge is 2.43. The lowest BCUT2D eigenvalue weighted by Gasteiger charge is -2.38. The van der Waals surface area contributed by atoms with Crippen LogP contribution in [0.25, 0.3) is 0 Å². The predicted octanol–water partition coefficient (Wildman–Crippen LogP) is 4.89. The van der Waals surface area contributed by atoms with Gasteiger partial charge in [0.1, 0.15) is 12.1 Å². The maximum Gasteiger partial charge on any atom is 0.310 e. The number of benzene rings is 1. The maximum atomic E-state index is 15.3. The zero-order valence-corrected chi connectivity index (χ0v) is 36.3. The van der Waals surface area contributed by atoms with Gasteiger partial charge in [0, 0.05) is 49.8 Å². The average molecular weight is 847 g/mol. The molecule has 1 unspecified atom stereocenters. The molecule has 1 aliphatic rings. The first-order valence-electron chi connectivity index (χ1n) is 21.7. The number of hydrogen-bond acceptors (Lipinski definition) is 11. The van der Waals surface area contributed by atoms with Crippen LogP contribution in [0.2, 0.25) is 0 Å². The van der Waals surface area contributed by atoms with E-state index in [2.05, 4.69) is 31.0 Å². The molecule has 5 N–H and O–H groups in total. The van der Waals surface area contributed by atoms with Crippen molar-refractivity contribution < 1.29 is 28.7 Å². The van der Waals surface area contributed by atoms with Crippen molar-refractivity contribution >= 4 is 29.5 Å². The topological polar surface area (TPSA) is 199 Å². The van der Waals surface area contributed by atoms with E-state index in [4.69, 9.17) is 10.5 Å². The summed E-state index contributed by atoms with van der Waals surface area (Å²) in [5.74, 6) is -3.83. The van der Waals surface area contributed by atoms with Crippen molar-refractivity contribution in [3.8, 4) is 0 Å². The number of hydrogen-bond donors (Lipinski definition) is 4. The van der Waals surface area contributed by atoms with Gasteiger partial charge in [0.2, 0.25) is 11.8 Å². The summed E-state index contributed by atoms with van der Waals surface area (Å²) in [6.45, 7) is 7.68. The number of nitrogens with zero attached hydrogens (tertiary/aromatic N) is 4. The third kappa shape index (κ3) is 14.7. The first-order valence-corrected chi connectivity index (χ1v) is 21.7. The van der Waals surface area contributed by atoms with Crippen LogP contribution in [0.15, 0.2) is 104 Å². The van der Waals surface area contributed by atoms with Crippen molar-refractivity contribution in [3.63, 3.8) is 0 Å². The molecule has 1 aromatic carbocycles. The summed E-state index contributed by atoms with van der Waals surface area (Å²) in [6.07, 6.45) is 13.4. The Morgan fingerprint density at radius 1 is 0.694 bits per heavy atom. The Morgan fingerprint density at radius 2 is 1.27 bits per heavy atom. The lowest BCUT2D eigenvalue weighted by Crippen LogP contribution is -2.59. The fourth-order valence-corrected chi connectivity index (χ4v) is 8.00. The molecule has 0 bridgehead atoms. The van der Waals surface area contributed by atoms with Crippen LogP contribution in [0.1, 0.15) is 88.1 Å². The molecular formula is C48H62N8O6. The summed E-state index contributed by atoms with van der Waals surface area (Å²) >= 11 is 0. The molecule has 14 nitrogen and oxygen atoms in total. The Balaban J connectivity index is 1.51. The van der Waals surface area contributed by atoms with Crippen LogP contribution in [0.3, 0.4) is 0 Å². The molecule has 0 spiro atoms. The van der Waals surface area contributed by atoms with Gasteiger partial charge in [-0.15, -0.1) is 0 Å². The third-order valence-corrected chi connectivity index (χ3v) is 11.3. The van der Waals surface area contributed by atoms with Crippen LogP contribution in [-0.4, -0.2) is 80.7 Å². The van der Waals surface area contributed by atoms with Gasteiger partial charge in [0.15, 0.2) is 5.78 Å². The van der Waals surface area contributed by atoms with Crippen molar-refractivity contribution in [2.24, 2.45) is 29.4 Å². The van der Waals surface area contributed by atoms with Crippen LogP contribution in [-0.2, 0) is 48.0 Å². The molecule has 4 aromatic rings. The first-order chi connectivity index (χ1) is 29.9. The molecule has 1 aliphatic carbocycles. The number of carbonyl (C=O) groups excluding carboxylic acids is 5. The number of nitrogens with two attached hydrogens (primary N) is 1. The second kappa shape index (κ2) is 24.0. The molecule has 1 fully saturated rings. The number of pyridine rings is 3. The van der Waals surface area contributed by atoms with Crippen LogP contribution >= 0.6 is 0 Å². The number of ether oxygens (including phenoxy) is 1. The zero-order valence-electron chi connectivity index (χ0n) is 36.3. The summed E-state index contributed by atoms with van der Waals surface area (Å²) in [5, 5.41) is 7.61. The van der Waals surface area contributed by atoms with Gasteiger partial charge in [0.05, 0.1) is 37.8 Å². The number of amides is 3. The molecule has 5 atom stereocenters. The van der Waals surface area contributed by atoms with Crippen molar-refractivity contribution in [3.05, 3.63) is 126 Å². The van der Waals surface area contributed by atoms with Crippen LogP contribution in [0.4, 0.5) is 0 Å². The molecular weight excluding hydrogens is 785 g/mol. The molecule has 62 heavy (non-hydrogen) atoms. The van der Waals surface area contributed by atoms with Crippen LogP contribution < -0.4 is 21.8 Å². The monoisotopic (exact) mass is 846 g/mol. The highest BCUT2D eigenvalue weighted by molar-refractivity contribution is 5.92. The lowest BCUT2D eigenvalue weighted by molar-refractivity contribution is -0.157. The Labute approximate surface area is 365 Å². The van der Waals surface area contributed by atoms with Gasteiger partial charge < -0.3 is 21.1 Å². The lowest BCUT2D eigenvalue weighted by atomic mass is 9.80. The van der Waals surface area contributed by atoms with Gasteiger partial charge in [-0.25, -0.2) is 5.01 Å². The van der Waals surface area contributed by atoms with E-state index in [1.54, 1.807) is 78.6 Å². The summed E-state index contributed by atoms with van der Waals surface area (Å²) in [6, 6.07) is 16.7. The minimum absolute atomic E-state index is 0.00108. The molecule has 330 valence electrons. The van der Waals surface area contributed by atoms with Gasteiger partial charge >= 0.3 is 5.97 Å². The second-order valence-electron chi connectivity index (χ2n) is 17.0. The average Bonchev–Trinajstić information content (AvgIpc) is 3.26. The molecule has 0 saturated heterocycles. The molecule has 3 heterocycles. The third-order valence-electron chi connectivity index (χ3n) is 11.3. The highest BCUT2D eigenvalue weighted by Crippen LogP contribution is 2.30. The van der Waals surface area contributed by atoms with Crippen molar-refractivity contribution in [2.45, 2.75) is 103 Å². The van der Waals surface area contributed by atoms with E-state index in [1.165, 1.54) is 0 Å². The Kier molecular flexibility index (Phi) is 18.2. The molecule has 0 radical (unpaired) electrons. The van der Waals surface area contributed by atoms with E-state index < -0.39 is 47.8 Å². The molecule has 1 saturated carbocycles. The molecule has 0 aliphatic heterocycles. The number of nitrogens with one attached hydrogen (secondary N) is 3. The largest absolute Gasteiger partial charge is 0.460 e. The van der Waals surface area contributed by atoms with E-state index in [1.807, 2.05) is 58.0 Å². The molecule has 3 amide bonds. The zero-order chi connectivity index (χ0) is 44.4. The summed E-state index contributed by atoms with van der Waals surface area (Å²) < 4.78 is 6.40. The molecule has 5 rings (SSSR count). The number of aromatic nitrogens is 3. The standard InChI is InChI=1S/C48H62N8O6/c1-32(2)45(53-40(57)25-36-15-11-21-51-28-36)47(60)43(44(49)38-17-9-6-10-18-38)39(62-42(59)27-34-19-23-50-24-20-34)31-56(30-35-13-7-5-8-14-35)55-48(61)46(33(3)4)54-41(58)26-37-16-12-22-52-29-37/h6,9-12,15-24,28-29,32-33,35,39,43-46H,5,7-8,13-14,25-27,30-31,49H2,1-4H3,(H,53,57)(H,54,58)(H,55,61)/t39-,43-,44?,45+,46+/m1/s1. The number of carbonyl (C=O) groups is 5. The minimum atomic E-state index is -1.20. The fourth-order valence-electron chi connectivity index (χ4n) is 8.00. The van der Waals surface area contributed by atoms with Crippen molar-refractivity contribution in [1.82, 2.24) is 36.0 Å². The first kappa shape index (κ1) is 47.2. The van der Waals surface area contributed by atoms with Crippen LogP contribution in [0, 0.1) is 23.7 Å². The Hall–Kier alpha value is -5.86. The van der Waals surface area contributed by atoms with Gasteiger partial charge in [-0.2, -0.15) is 0 Å². The van der Waals surface area contributed by atoms with E-state index in [0.717, 1.165) is 32.1 Å². The van der Waals surface area contributed by atoms with E-state index in [9.17, 15) is 19.2 Å². The molecule has 3 aromatic heterocycles. The number of esters is 1. The van der Waals surface area contributed by atoms with Gasteiger partial charge in [0.25, 0.3) is 5.91 Å².